The van der Waals surface area contributed by atoms with Crippen molar-refractivity contribution in [3.05, 3.63) is 60.7 Å². The molecule has 0 amide bonds. The first-order valence-corrected chi connectivity index (χ1v) is 27.9. The number of carbonyl (C=O) groups is 2. The Labute approximate surface area is 416 Å². The van der Waals surface area contributed by atoms with Crippen LogP contribution in [-0.2, 0) is 28.5 Å². The summed E-state index contributed by atoms with van der Waals surface area (Å²) < 4.78 is 35.7. The maximum atomic E-state index is 12.5. The van der Waals surface area contributed by atoms with Gasteiger partial charge in [-0.05, 0) is 61.7 Å². The fourth-order valence-corrected chi connectivity index (χ4v) is 8.43. The maximum absolute atomic E-state index is 12.5. The molecule has 0 saturated heterocycles. The van der Waals surface area contributed by atoms with E-state index in [1.54, 1.807) is 13.8 Å². The average molecular weight is 949 g/mol. The van der Waals surface area contributed by atoms with Crippen LogP contribution < -0.4 is 9.47 Å². The highest BCUT2D eigenvalue weighted by Crippen LogP contribution is 2.26. The Kier molecular flexibility index (Phi) is 38.0. The lowest BCUT2D eigenvalue weighted by molar-refractivity contribution is -0.150. The fraction of sp³-hybridized carbons (Fsp3) is 0.733. The van der Waals surface area contributed by atoms with Crippen LogP contribution in [0.1, 0.15) is 233 Å². The van der Waals surface area contributed by atoms with Gasteiger partial charge in [0.1, 0.15) is 24.7 Å². The van der Waals surface area contributed by atoms with Crippen molar-refractivity contribution in [3.8, 4) is 11.5 Å². The Morgan fingerprint density at radius 3 is 0.956 bits per heavy atom. The lowest BCUT2D eigenvalue weighted by atomic mass is 10.0. The molecule has 2 rings (SSSR count). The van der Waals surface area contributed by atoms with Gasteiger partial charge in [0.05, 0.1) is 13.2 Å². The van der Waals surface area contributed by atoms with Crippen LogP contribution in [0.25, 0.3) is 10.8 Å². The van der Waals surface area contributed by atoms with Gasteiger partial charge in [-0.15, -0.1) is 0 Å². The van der Waals surface area contributed by atoms with E-state index in [1.807, 2.05) is 36.4 Å². The number of hydrogen-bond donors (Lipinski definition) is 0. The van der Waals surface area contributed by atoms with E-state index in [4.69, 9.17) is 28.4 Å². The molecule has 2 aromatic rings. The first kappa shape index (κ1) is 60.8. The molecule has 0 aliphatic carbocycles. The molecule has 0 N–H and O–H groups in total. The summed E-state index contributed by atoms with van der Waals surface area (Å²) >= 11 is 0. The van der Waals surface area contributed by atoms with E-state index in [9.17, 15) is 9.59 Å². The molecule has 68 heavy (non-hydrogen) atoms. The highest BCUT2D eigenvalue weighted by Gasteiger charge is 2.19. The Hall–Kier alpha value is -3.36. The summed E-state index contributed by atoms with van der Waals surface area (Å²) in [6.45, 7) is 17.4. The second-order valence-electron chi connectivity index (χ2n) is 19.7. The van der Waals surface area contributed by atoms with Gasteiger partial charge in [0.2, 0.25) is 0 Å². The molecular formula is C60H100O8. The summed E-state index contributed by atoms with van der Waals surface area (Å²) in [5.74, 6) is 0.365. The van der Waals surface area contributed by atoms with Crippen LogP contribution in [0.15, 0.2) is 60.7 Å². The molecule has 0 aromatic heterocycles. The van der Waals surface area contributed by atoms with Crippen molar-refractivity contribution in [2.75, 3.05) is 39.6 Å². The first-order valence-electron chi connectivity index (χ1n) is 27.9. The number of ether oxygens (including phenoxy) is 6. The van der Waals surface area contributed by atoms with Crippen LogP contribution >= 0.6 is 0 Å². The van der Waals surface area contributed by atoms with Crippen LogP contribution in [0.4, 0.5) is 0 Å². The van der Waals surface area contributed by atoms with Crippen LogP contribution in [-0.4, -0.2) is 63.8 Å². The summed E-state index contributed by atoms with van der Waals surface area (Å²) in [5, 5.41) is 1.94. The van der Waals surface area contributed by atoms with Crippen molar-refractivity contribution >= 4 is 22.7 Å². The van der Waals surface area contributed by atoms with Gasteiger partial charge in [0.25, 0.3) is 0 Å². The van der Waals surface area contributed by atoms with E-state index in [0.717, 1.165) is 36.5 Å². The lowest BCUT2D eigenvalue weighted by Gasteiger charge is -2.20. The predicted octanol–water partition coefficient (Wildman–Crippen LogP) is 17.1. The van der Waals surface area contributed by atoms with Crippen LogP contribution in [0.2, 0.25) is 0 Å². The highest BCUT2D eigenvalue weighted by molar-refractivity contribution is 5.87. The summed E-state index contributed by atoms with van der Waals surface area (Å²) in [6.07, 6.45) is 41.3. The van der Waals surface area contributed by atoms with E-state index >= 15 is 0 Å². The molecule has 0 aliphatic rings. The summed E-state index contributed by atoms with van der Waals surface area (Å²) in [7, 11) is 0. The lowest BCUT2D eigenvalue weighted by Crippen LogP contribution is -2.30. The van der Waals surface area contributed by atoms with Crippen LogP contribution in [0.5, 0.6) is 11.5 Å². The predicted molar refractivity (Wildman–Crippen MR) is 285 cm³/mol. The number of unbranched alkanes of at least 4 members (excludes halogenated alkanes) is 30. The zero-order chi connectivity index (χ0) is 49.1. The van der Waals surface area contributed by atoms with Gasteiger partial charge < -0.3 is 28.4 Å². The minimum atomic E-state index is -0.573. The zero-order valence-electron chi connectivity index (χ0n) is 44.2. The number of rotatable bonds is 48. The van der Waals surface area contributed by atoms with Gasteiger partial charge in [-0.1, -0.05) is 232 Å². The van der Waals surface area contributed by atoms with Crippen molar-refractivity contribution in [2.45, 2.75) is 245 Å². The van der Waals surface area contributed by atoms with Gasteiger partial charge >= 0.3 is 11.9 Å². The molecule has 388 valence electrons. The second-order valence-corrected chi connectivity index (χ2v) is 19.7. The third kappa shape index (κ3) is 33.2. The topological polar surface area (TPSA) is 89.5 Å². The van der Waals surface area contributed by atoms with Crippen molar-refractivity contribution in [1.82, 2.24) is 0 Å². The summed E-state index contributed by atoms with van der Waals surface area (Å²) in [5.41, 5.74) is 0.675. The normalized spacial score (nSPS) is 12.2. The fourth-order valence-electron chi connectivity index (χ4n) is 8.43. The molecule has 8 nitrogen and oxygen atoms in total. The summed E-state index contributed by atoms with van der Waals surface area (Å²) in [4.78, 5) is 25.0. The molecular weight excluding hydrogens is 849 g/mol. The summed E-state index contributed by atoms with van der Waals surface area (Å²) in [6, 6.07) is 11.7. The van der Waals surface area contributed by atoms with E-state index < -0.39 is 24.1 Å². The molecule has 0 spiro atoms. The third-order valence-corrected chi connectivity index (χ3v) is 12.8. The molecule has 0 bridgehead atoms. The quantitative estimate of drug-likeness (QED) is 0.0368. The number of fused-ring (bicyclic) bond motifs is 1. The Balaban J connectivity index is 1.69. The molecule has 8 heteroatoms. The Morgan fingerprint density at radius 2 is 0.676 bits per heavy atom. The minimum absolute atomic E-state index is 0.148. The standard InChI is InChI=1S/C60H100O8/c1-7-9-11-13-15-17-19-21-23-25-27-29-31-33-35-37-43-63-47-57(67-59(61)51(3)4)49-65-55-41-39-53-40-42-56(46-54(53)45-55)66-50-58(68-60(62)52(5)6)48-64-44-38-36-34-32-30-28-26-24-22-20-18-16-14-12-10-8-2/h39-42,45-46,57-58H,3,5,7-38,43-44,47-50H2,1-2,4,6H3. The SMILES string of the molecule is C=C(C)C(=O)OC(COCCCCCCCCCCCCCCCCCC)COc1ccc2ccc(OCC(COCCCCCCCCCCCCCCCCCC)OC(=O)C(=C)C)cc2c1. The minimum Gasteiger partial charge on any atom is -0.490 e. The van der Waals surface area contributed by atoms with Crippen LogP contribution in [0.3, 0.4) is 0 Å². The van der Waals surface area contributed by atoms with Gasteiger partial charge in [-0.2, -0.15) is 0 Å². The molecule has 2 aromatic carbocycles. The maximum Gasteiger partial charge on any atom is 0.333 e. The molecule has 0 heterocycles. The van der Waals surface area contributed by atoms with E-state index in [2.05, 4.69) is 27.0 Å². The number of benzene rings is 2. The van der Waals surface area contributed by atoms with E-state index in [-0.39, 0.29) is 26.4 Å². The molecule has 0 saturated carbocycles. The first-order chi connectivity index (χ1) is 33.2. The molecule has 0 aliphatic heterocycles. The molecule has 0 fully saturated rings. The third-order valence-electron chi connectivity index (χ3n) is 12.8. The van der Waals surface area contributed by atoms with E-state index in [1.165, 1.54) is 180 Å². The van der Waals surface area contributed by atoms with Crippen LogP contribution in [0, 0.1) is 0 Å². The van der Waals surface area contributed by atoms with Crippen molar-refractivity contribution in [3.63, 3.8) is 0 Å². The number of hydrogen-bond acceptors (Lipinski definition) is 8. The number of carbonyl (C=O) groups excluding carboxylic acids is 2. The number of esters is 2. The highest BCUT2D eigenvalue weighted by atomic mass is 16.6. The largest absolute Gasteiger partial charge is 0.490 e. The van der Waals surface area contributed by atoms with Crippen molar-refractivity contribution in [1.29, 1.82) is 0 Å². The van der Waals surface area contributed by atoms with Gasteiger partial charge in [0, 0.05) is 24.4 Å². The van der Waals surface area contributed by atoms with Crippen molar-refractivity contribution < 1.29 is 38.0 Å². The van der Waals surface area contributed by atoms with Gasteiger partial charge in [-0.3, -0.25) is 0 Å². The molecule has 2 atom stereocenters. The Bertz CT molecular complexity index is 1460. The Morgan fingerprint density at radius 1 is 0.397 bits per heavy atom. The zero-order valence-corrected chi connectivity index (χ0v) is 44.2. The van der Waals surface area contributed by atoms with Gasteiger partial charge in [0.15, 0.2) is 12.2 Å². The second kappa shape index (κ2) is 42.5. The van der Waals surface area contributed by atoms with E-state index in [0.29, 0.717) is 35.9 Å². The van der Waals surface area contributed by atoms with Gasteiger partial charge in [-0.25, -0.2) is 9.59 Å². The monoisotopic (exact) mass is 949 g/mol. The van der Waals surface area contributed by atoms with Crippen molar-refractivity contribution in [2.24, 2.45) is 0 Å². The molecule has 2 unspecified atom stereocenters. The smallest absolute Gasteiger partial charge is 0.333 e. The molecule has 0 radical (unpaired) electrons. The average Bonchev–Trinajstić information content (AvgIpc) is 3.33.